The number of benzene rings is 1. The van der Waals surface area contributed by atoms with Crippen LogP contribution in [0.25, 0.3) is 0 Å². The van der Waals surface area contributed by atoms with Crippen LogP contribution in [0.15, 0.2) is 24.3 Å². The molecule has 0 aromatic heterocycles. The Morgan fingerprint density at radius 3 is 2.38 bits per heavy atom. The van der Waals surface area contributed by atoms with Crippen LogP contribution in [0.4, 0.5) is 0 Å². The largest absolute Gasteiger partial charge is 0.327 e. The average Bonchev–Trinajstić information content (AvgIpc) is 2.09. The molecule has 0 fully saturated rings. The smallest absolute Gasteiger partial charge is 0.00792 e. The van der Waals surface area contributed by atoms with Gasteiger partial charge >= 0.3 is 0 Å². The van der Waals surface area contributed by atoms with E-state index in [1.807, 2.05) is 0 Å². The lowest BCUT2D eigenvalue weighted by atomic mass is 10.0. The molecule has 0 aliphatic carbocycles. The van der Waals surface area contributed by atoms with Crippen molar-refractivity contribution < 1.29 is 0 Å². The van der Waals surface area contributed by atoms with Crippen molar-refractivity contribution >= 4 is 0 Å². The van der Waals surface area contributed by atoms with Crippen molar-refractivity contribution in [1.29, 1.82) is 0 Å². The first kappa shape index (κ1) is 10.3. The first-order chi connectivity index (χ1) is 6.22. The molecule has 0 spiro atoms. The summed E-state index contributed by atoms with van der Waals surface area (Å²) in [6, 6.07) is 8.96. The van der Waals surface area contributed by atoms with E-state index in [0.29, 0.717) is 6.04 Å². The molecule has 1 aromatic rings. The fourth-order valence-electron chi connectivity index (χ4n) is 1.50. The van der Waals surface area contributed by atoms with E-state index in [2.05, 4.69) is 38.1 Å². The Kier molecular flexibility index (Phi) is 3.97. The van der Waals surface area contributed by atoms with Gasteiger partial charge in [-0.25, -0.2) is 0 Å². The molecule has 0 saturated carbocycles. The van der Waals surface area contributed by atoms with Crippen LogP contribution in [0.1, 0.15) is 30.9 Å². The van der Waals surface area contributed by atoms with E-state index in [-0.39, 0.29) is 0 Å². The molecule has 1 heteroatoms. The molecule has 1 nitrogen and oxygen atoms in total. The van der Waals surface area contributed by atoms with Crippen LogP contribution in [0, 0.1) is 6.92 Å². The van der Waals surface area contributed by atoms with Crippen LogP contribution >= 0.6 is 0 Å². The van der Waals surface area contributed by atoms with Gasteiger partial charge in [0.1, 0.15) is 0 Å². The SMILES string of the molecule is CCCC(N)Cc1ccc(C)cc1. The van der Waals surface area contributed by atoms with Gasteiger partial charge < -0.3 is 5.73 Å². The zero-order valence-electron chi connectivity index (χ0n) is 8.59. The lowest BCUT2D eigenvalue weighted by Crippen LogP contribution is -2.22. The van der Waals surface area contributed by atoms with E-state index < -0.39 is 0 Å². The first-order valence-corrected chi connectivity index (χ1v) is 5.03. The van der Waals surface area contributed by atoms with Crippen LogP contribution < -0.4 is 5.73 Å². The summed E-state index contributed by atoms with van der Waals surface area (Å²) in [5, 5.41) is 0. The van der Waals surface area contributed by atoms with E-state index >= 15 is 0 Å². The molecule has 0 radical (unpaired) electrons. The van der Waals surface area contributed by atoms with E-state index in [1.54, 1.807) is 0 Å². The fourth-order valence-corrected chi connectivity index (χ4v) is 1.50. The lowest BCUT2D eigenvalue weighted by Gasteiger charge is -2.09. The Balaban J connectivity index is 2.49. The van der Waals surface area contributed by atoms with Crippen molar-refractivity contribution in [1.82, 2.24) is 0 Å². The molecule has 1 atom stereocenters. The van der Waals surface area contributed by atoms with Gasteiger partial charge in [-0.3, -0.25) is 0 Å². The Labute approximate surface area is 81.0 Å². The molecule has 72 valence electrons. The van der Waals surface area contributed by atoms with E-state index in [4.69, 9.17) is 5.73 Å². The number of hydrogen-bond acceptors (Lipinski definition) is 1. The maximum Gasteiger partial charge on any atom is 0.00792 e. The number of nitrogens with two attached hydrogens (primary N) is 1. The third-order valence-electron chi connectivity index (χ3n) is 2.28. The van der Waals surface area contributed by atoms with Gasteiger partial charge in [-0.05, 0) is 25.3 Å². The molecular weight excluding hydrogens is 158 g/mol. The standard InChI is InChI=1S/C12H19N/c1-3-4-12(13)9-11-7-5-10(2)6-8-11/h5-8,12H,3-4,9,13H2,1-2H3. The normalized spacial score (nSPS) is 12.8. The summed E-state index contributed by atoms with van der Waals surface area (Å²) in [7, 11) is 0. The molecule has 2 N–H and O–H groups in total. The molecule has 0 heterocycles. The average molecular weight is 177 g/mol. The number of hydrogen-bond donors (Lipinski definition) is 1. The van der Waals surface area contributed by atoms with Gasteiger partial charge in [0.2, 0.25) is 0 Å². The van der Waals surface area contributed by atoms with Gasteiger partial charge in [-0.2, -0.15) is 0 Å². The minimum atomic E-state index is 0.327. The summed E-state index contributed by atoms with van der Waals surface area (Å²) in [4.78, 5) is 0. The highest BCUT2D eigenvalue weighted by Gasteiger charge is 2.01. The Morgan fingerprint density at radius 1 is 1.23 bits per heavy atom. The number of rotatable bonds is 4. The predicted molar refractivity (Wildman–Crippen MR) is 57.8 cm³/mol. The number of aryl methyl sites for hydroxylation is 1. The molecule has 0 bridgehead atoms. The topological polar surface area (TPSA) is 26.0 Å². The summed E-state index contributed by atoms with van der Waals surface area (Å²) in [6.07, 6.45) is 3.30. The van der Waals surface area contributed by atoms with Crippen molar-refractivity contribution in [2.45, 2.75) is 39.2 Å². The second-order valence-electron chi connectivity index (χ2n) is 3.74. The van der Waals surface area contributed by atoms with Gasteiger partial charge in [0.25, 0.3) is 0 Å². The van der Waals surface area contributed by atoms with Crippen molar-refractivity contribution in [2.75, 3.05) is 0 Å². The first-order valence-electron chi connectivity index (χ1n) is 5.03. The quantitative estimate of drug-likeness (QED) is 0.751. The Morgan fingerprint density at radius 2 is 1.85 bits per heavy atom. The summed E-state index contributed by atoms with van der Waals surface area (Å²) >= 11 is 0. The van der Waals surface area contributed by atoms with Crippen molar-refractivity contribution in [3.63, 3.8) is 0 Å². The van der Waals surface area contributed by atoms with E-state index in [0.717, 1.165) is 12.8 Å². The Hall–Kier alpha value is -0.820. The maximum atomic E-state index is 5.95. The molecule has 0 amide bonds. The second kappa shape index (κ2) is 5.03. The van der Waals surface area contributed by atoms with Gasteiger partial charge in [-0.15, -0.1) is 0 Å². The zero-order valence-corrected chi connectivity index (χ0v) is 8.59. The van der Waals surface area contributed by atoms with E-state index in [9.17, 15) is 0 Å². The summed E-state index contributed by atoms with van der Waals surface area (Å²) in [5.41, 5.74) is 8.62. The van der Waals surface area contributed by atoms with E-state index in [1.165, 1.54) is 17.5 Å². The third-order valence-corrected chi connectivity index (χ3v) is 2.28. The lowest BCUT2D eigenvalue weighted by molar-refractivity contribution is 0.600. The molecule has 0 aliphatic rings. The second-order valence-corrected chi connectivity index (χ2v) is 3.74. The van der Waals surface area contributed by atoms with Gasteiger partial charge in [-0.1, -0.05) is 43.2 Å². The summed E-state index contributed by atoms with van der Waals surface area (Å²) in [5.74, 6) is 0. The van der Waals surface area contributed by atoms with Crippen LogP contribution in [-0.4, -0.2) is 6.04 Å². The molecule has 1 rings (SSSR count). The minimum Gasteiger partial charge on any atom is -0.327 e. The van der Waals surface area contributed by atoms with Crippen LogP contribution in [0.2, 0.25) is 0 Å². The zero-order chi connectivity index (χ0) is 9.68. The van der Waals surface area contributed by atoms with Gasteiger partial charge in [0.15, 0.2) is 0 Å². The molecular formula is C12H19N. The van der Waals surface area contributed by atoms with Gasteiger partial charge in [0.05, 0.1) is 0 Å². The third kappa shape index (κ3) is 3.60. The van der Waals surface area contributed by atoms with Crippen molar-refractivity contribution in [3.8, 4) is 0 Å². The van der Waals surface area contributed by atoms with Crippen LogP contribution in [0.3, 0.4) is 0 Å². The molecule has 0 saturated heterocycles. The Bertz CT molecular complexity index is 238. The molecule has 1 unspecified atom stereocenters. The van der Waals surface area contributed by atoms with Gasteiger partial charge in [0, 0.05) is 6.04 Å². The molecule has 0 aliphatic heterocycles. The van der Waals surface area contributed by atoms with Crippen LogP contribution in [-0.2, 0) is 6.42 Å². The van der Waals surface area contributed by atoms with Crippen LogP contribution in [0.5, 0.6) is 0 Å². The monoisotopic (exact) mass is 177 g/mol. The molecule has 13 heavy (non-hydrogen) atoms. The highest BCUT2D eigenvalue weighted by molar-refractivity contribution is 5.21. The van der Waals surface area contributed by atoms with Crippen molar-refractivity contribution in [2.24, 2.45) is 5.73 Å². The summed E-state index contributed by atoms with van der Waals surface area (Å²) < 4.78 is 0. The minimum absolute atomic E-state index is 0.327. The maximum absolute atomic E-state index is 5.95. The fraction of sp³-hybridized carbons (Fsp3) is 0.500. The molecule has 1 aromatic carbocycles. The highest BCUT2D eigenvalue weighted by atomic mass is 14.6. The predicted octanol–water partition coefficient (Wildman–Crippen LogP) is 2.66. The van der Waals surface area contributed by atoms with Crippen molar-refractivity contribution in [3.05, 3.63) is 35.4 Å². The highest BCUT2D eigenvalue weighted by Crippen LogP contribution is 2.07. The summed E-state index contributed by atoms with van der Waals surface area (Å²) in [6.45, 7) is 4.28.